The first-order chi connectivity index (χ1) is 14.7. The zero-order chi connectivity index (χ0) is 24.1. The van der Waals surface area contributed by atoms with Crippen molar-refractivity contribution in [1.82, 2.24) is 5.32 Å². The van der Waals surface area contributed by atoms with Gasteiger partial charge in [0.05, 0.1) is 5.56 Å². The number of anilines is 1. The van der Waals surface area contributed by atoms with Gasteiger partial charge in [0.15, 0.2) is 0 Å². The smallest absolute Gasteiger partial charge is 0.408 e. The fourth-order valence-electron chi connectivity index (χ4n) is 2.62. The zero-order valence-electron chi connectivity index (χ0n) is 19.1. The second-order valence-corrected chi connectivity index (χ2v) is 10.1. The molecule has 0 aliphatic heterocycles. The highest BCUT2D eigenvalue weighted by molar-refractivity contribution is 9.10. The number of alkyl carbamates (subject to hydrolysis) is 1. The molecule has 0 aliphatic rings. The Balaban J connectivity index is 2.17. The SMILES string of the molecule is CC(C)(C)OC(=O)N[C@H](C(=O)Nc1ccc(C(=O)OC(C)(C)C)cc1)c1ccc(Br)cc1. The number of hydrogen-bond acceptors (Lipinski definition) is 5. The number of hydrogen-bond donors (Lipinski definition) is 2. The standard InChI is InChI=1S/C24H29BrN2O5/c1-23(2,3)31-21(29)16-9-13-18(14-10-16)26-20(28)19(15-7-11-17(25)12-8-15)27-22(30)32-24(4,5)6/h7-14,19H,1-6H3,(H,26,28)(H,27,30)/t19-/m0/s1. The predicted molar refractivity (Wildman–Crippen MR) is 126 cm³/mol. The Labute approximate surface area is 197 Å². The van der Waals surface area contributed by atoms with Crippen LogP contribution >= 0.6 is 15.9 Å². The summed E-state index contributed by atoms with van der Waals surface area (Å²) in [4.78, 5) is 37.5. The first-order valence-electron chi connectivity index (χ1n) is 10.1. The van der Waals surface area contributed by atoms with Gasteiger partial charge in [-0.05, 0) is 83.5 Å². The van der Waals surface area contributed by atoms with Crippen molar-refractivity contribution in [2.45, 2.75) is 58.8 Å². The predicted octanol–water partition coefficient (Wildman–Crippen LogP) is 5.61. The minimum absolute atomic E-state index is 0.370. The van der Waals surface area contributed by atoms with Crippen LogP contribution in [0.15, 0.2) is 53.0 Å². The van der Waals surface area contributed by atoms with E-state index in [0.29, 0.717) is 16.8 Å². The number of ether oxygens (including phenoxy) is 2. The molecule has 0 fully saturated rings. The third-order valence-corrected chi connectivity index (χ3v) is 4.44. The van der Waals surface area contributed by atoms with Crippen molar-refractivity contribution < 1.29 is 23.9 Å². The third-order valence-electron chi connectivity index (χ3n) is 3.91. The molecule has 2 rings (SSSR count). The van der Waals surface area contributed by atoms with E-state index in [9.17, 15) is 14.4 Å². The van der Waals surface area contributed by atoms with Gasteiger partial charge in [0.2, 0.25) is 0 Å². The van der Waals surface area contributed by atoms with Gasteiger partial charge in [-0.25, -0.2) is 9.59 Å². The fourth-order valence-corrected chi connectivity index (χ4v) is 2.89. The number of esters is 1. The Kier molecular flexibility index (Phi) is 8.07. The number of nitrogens with one attached hydrogen (secondary N) is 2. The highest BCUT2D eigenvalue weighted by atomic mass is 79.9. The molecule has 0 bridgehead atoms. The highest BCUT2D eigenvalue weighted by Crippen LogP contribution is 2.21. The molecule has 0 unspecified atom stereocenters. The average molecular weight is 505 g/mol. The largest absolute Gasteiger partial charge is 0.456 e. The van der Waals surface area contributed by atoms with Crippen LogP contribution in [0.5, 0.6) is 0 Å². The van der Waals surface area contributed by atoms with Crippen LogP contribution < -0.4 is 10.6 Å². The number of carbonyl (C=O) groups is 3. The normalized spacial score (nSPS) is 12.5. The fraction of sp³-hybridized carbons (Fsp3) is 0.375. The van der Waals surface area contributed by atoms with Crippen molar-refractivity contribution in [3.8, 4) is 0 Å². The summed E-state index contributed by atoms with van der Waals surface area (Å²) in [6, 6.07) is 12.4. The lowest BCUT2D eigenvalue weighted by atomic mass is 10.1. The summed E-state index contributed by atoms with van der Waals surface area (Å²) < 4.78 is 11.5. The van der Waals surface area contributed by atoms with Crippen LogP contribution in [0.3, 0.4) is 0 Å². The van der Waals surface area contributed by atoms with Crippen molar-refractivity contribution in [3.63, 3.8) is 0 Å². The van der Waals surface area contributed by atoms with Crippen LogP contribution in [-0.4, -0.2) is 29.2 Å². The van der Waals surface area contributed by atoms with Crippen LogP contribution in [0, 0.1) is 0 Å². The second-order valence-electron chi connectivity index (χ2n) is 9.20. The molecule has 0 radical (unpaired) electrons. The highest BCUT2D eigenvalue weighted by Gasteiger charge is 2.26. The van der Waals surface area contributed by atoms with Gasteiger partial charge in [0.1, 0.15) is 17.2 Å². The quantitative estimate of drug-likeness (QED) is 0.516. The zero-order valence-corrected chi connectivity index (χ0v) is 20.7. The second kappa shape index (κ2) is 10.2. The maximum atomic E-state index is 13.0. The molecule has 8 heteroatoms. The summed E-state index contributed by atoms with van der Waals surface area (Å²) in [5.74, 6) is -0.905. The minimum atomic E-state index is -0.983. The molecule has 0 aromatic heterocycles. The van der Waals surface area contributed by atoms with Gasteiger partial charge < -0.3 is 20.1 Å². The summed E-state index contributed by atoms with van der Waals surface area (Å²) in [6.07, 6.45) is -0.708. The van der Waals surface area contributed by atoms with Crippen molar-refractivity contribution in [1.29, 1.82) is 0 Å². The number of carbonyl (C=O) groups excluding carboxylic acids is 3. The van der Waals surface area contributed by atoms with E-state index in [1.54, 1.807) is 90.1 Å². The Morgan fingerprint density at radius 2 is 1.34 bits per heavy atom. The molecule has 2 aromatic carbocycles. The van der Waals surface area contributed by atoms with Gasteiger partial charge in [-0.3, -0.25) is 4.79 Å². The molecule has 2 aromatic rings. The molecule has 172 valence electrons. The molecule has 2 N–H and O–H groups in total. The lowest BCUT2D eigenvalue weighted by molar-refractivity contribution is -0.118. The van der Waals surface area contributed by atoms with Crippen LogP contribution in [0.1, 0.15) is 63.5 Å². The van der Waals surface area contributed by atoms with Gasteiger partial charge in [0.25, 0.3) is 5.91 Å². The lowest BCUT2D eigenvalue weighted by Gasteiger charge is -2.23. The summed E-state index contributed by atoms with van der Waals surface area (Å²) >= 11 is 3.36. The molecule has 0 saturated heterocycles. The van der Waals surface area contributed by atoms with E-state index < -0.39 is 35.2 Å². The van der Waals surface area contributed by atoms with E-state index in [1.165, 1.54) is 0 Å². The third kappa shape index (κ3) is 8.34. The Bertz CT molecular complexity index is 958. The van der Waals surface area contributed by atoms with Crippen molar-refractivity contribution in [2.75, 3.05) is 5.32 Å². The molecular weight excluding hydrogens is 476 g/mol. The van der Waals surface area contributed by atoms with E-state index >= 15 is 0 Å². The molecule has 1 atom stereocenters. The minimum Gasteiger partial charge on any atom is -0.456 e. The molecule has 32 heavy (non-hydrogen) atoms. The van der Waals surface area contributed by atoms with E-state index in [1.807, 2.05) is 0 Å². The molecule has 0 heterocycles. The Morgan fingerprint density at radius 1 is 0.812 bits per heavy atom. The van der Waals surface area contributed by atoms with Crippen molar-refractivity contribution in [2.24, 2.45) is 0 Å². The first kappa shape index (κ1) is 25.4. The molecule has 0 saturated carbocycles. The number of rotatable bonds is 5. The maximum Gasteiger partial charge on any atom is 0.408 e. The molecule has 0 aliphatic carbocycles. The van der Waals surface area contributed by atoms with E-state index in [4.69, 9.17) is 9.47 Å². The monoisotopic (exact) mass is 504 g/mol. The Hall–Kier alpha value is -2.87. The van der Waals surface area contributed by atoms with E-state index in [-0.39, 0.29) is 0 Å². The number of amides is 2. The topological polar surface area (TPSA) is 93.7 Å². The van der Waals surface area contributed by atoms with Gasteiger partial charge in [-0.2, -0.15) is 0 Å². The molecule has 2 amide bonds. The first-order valence-corrected chi connectivity index (χ1v) is 10.9. The van der Waals surface area contributed by atoms with Crippen molar-refractivity contribution >= 4 is 39.6 Å². The van der Waals surface area contributed by atoms with E-state index in [2.05, 4.69) is 26.6 Å². The number of halogens is 1. The van der Waals surface area contributed by atoms with Gasteiger partial charge >= 0.3 is 12.1 Å². The lowest BCUT2D eigenvalue weighted by Crippen LogP contribution is -2.40. The summed E-state index contributed by atoms with van der Waals surface area (Å²) in [5, 5.41) is 5.39. The average Bonchev–Trinajstić information content (AvgIpc) is 2.64. The summed E-state index contributed by atoms with van der Waals surface area (Å²) in [6.45, 7) is 10.6. The number of benzene rings is 2. The summed E-state index contributed by atoms with van der Waals surface area (Å²) in [5.41, 5.74) is 0.115. The van der Waals surface area contributed by atoms with Gasteiger partial charge in [-0.1, -0.05) is 28.1 Å². The Morgan fingerprint density at radius 3 is 1.84 bits per heavy atom. The summed E-state index contributed by atoms with van der Waals surface area (Å²) in [7, 11) is 0. The van der Waals surface area contributed by atoms with Gasteiger partial charge in [0, 0.05) is 10.2 Å². The maximum absolute atomic E-state index is 13.0. The van der Waals surface area contributed by atoms with Crippen LogP contribution in [0.25, 0.3) is 0 Å². The molecular formula is C24H29BrN2O5. The molecule has 0 spiro atoms. The van der Waals surface area contributed by atoms with E-state index in [0.717, 1.165) is 4.47 Å². The van der Waals surface area contributed by atoms with Crippen molar-refractivity contribution in [3.05, 3.63) is 64.1 Å². The van der Waals surface area contributed by atoms with Gasteiger partial charge in [-0.15, -0.1) is 0 Å². The molecule has 7 nitrogen and oxygen atoms in total. The van der Waals surface area contributed by atoms with Crippen LogP contribution in [0.4, 0.5) is 10.5 Å². The van der Waals surface area contributed by atoms with Crippen LogP contribution in [0.2, 0.25) is 0 Å². The van der Waals surface area contributed by atoms with Crippen LogP contribution in [-0.2, 0) is 14.3 Å².